The van der Waals surface area contributed by atoms with Gasteiger partial charge in [0.15, 0.2) is 0 Å². The largest absolute Gasteiger partial charge is 0.390 e. The summed E-state index contributed by atoms with van der Waals surface area (Å²) in [4.78, 5) is 1.76. The van der Waals surface area contributed by atoms with E-state index in [1.165, 1.54) is 0 Å². The van der Waals surface area contributed by atoms with Crippen molar-refractivity contribution in [3.05, 3.63) is 0 Å². The molecule has 1 aliphatic heterocycles. The van der Waals surface area contributed by atoms with Gasteiger partial charge in [0.25, 0.3) is 0 Å². The minimum Gasteiger partial charge on any atom is -0.381 e. The van der Waals surface area contributed by atoms with E-state index in [1.54, 1.807) is 11.9 Å². The summed E-state index contributed by atoms with van der Waals surface area (Å²) in [5.74, 6) is 0.701. The lowest BCUT2D eigenvalue weighted by molar-refractivity contribution is -0.138. The van der Waals surface area contributed by atoms with Gasteiger partial charge in [-0.15, -0.1) is 0 Å². The van der Waals surface area contributed by atoms with Crippen LogP contribution in [0.4, 0.5) is 13.2 Å². The molecule has 0 unspecified atom stereocenters. The fourth-order valence-electron chi connectivity index (χ4n) is 2.14. The van der Waals surface area contributed by atoms with Gasteiger partial charge in [0.1, 0.15) is 0 Å². The summed E-state index contributed by atoms with van der Waals surface area (Å²) in [6.45, 7) is 2.09. The second-order valence-electron chi connectivity index (χ2n) is 4.87. The van der Waals surface area contributed by atoms with E-state index in [0.29, 0.717) is 25.5 Å². The van der Waals surface area contributed by atoms with Crippen molar-refractivity contribution >= 4 is 12.6 Å². The van der Waals surface area contributed by atoms with Gasteiger partial charge in [-0.25, -0.2) is 0 Å². The fraction of sp³-hybridized carbons (Fsp3) is 1.00. The number of halogens is 3. The minimum absolute atomic E-state index is 0.0156. The Hall–Kier alpha value is 0.0600. The van der Waals surface area contributed by atoms with Crippen LogP contribution in [0.25, 0.3) is 0 Å². The zero-order chi connectivity index (χ0) is 12.9. The second kappa shape index (κ2) is 6.29. The minimum atomic E-state index is -4.07. The number of ether oxygens (including phenoxy) is 1. The van der Waals surface area contributed by atoms with E-state index in [0.717, 1.165) is 12.8 Å². The Balaban J connectivity index is 2.39. The third-order valence-electron chi connectivity index (χ3n) is 3.27. The molecule has 0 bridgehead atoms. The molecular formula is C11H20F3NOS. The van der Waals surface area contributed by atoms with Crippen LogP contribution in [0, 0.1) is 5.41 Å². The highest BCUT2D eigenvalue weighted by molar-refractivity contribution is 7.80. The summed E-state index contributed by atoms with van der Waals surface area (Å²) in [5.41, 5.74) is 0.0156. The first kappa shape index (κ1) is 15.1. The van der Waals surface area contributed by atoms with E-state index in [9.17, 15) is 13.2 Å². The number of hydrogen-bond donors (Lipinski definition) is 1. The topological polar surface area (TPSA) is 12.5 Å². The number of thiol groups is 1. The van der Waals surface area contributed by atoms with Crippen molar-refractivity contribution in [3.63, 3.8) is 0 Å². The molecule has 0 aromatic carbocycles. The molecule has 0 spiro atoms. The Labute approximate surface area is 106 Å². The van der Waals surface area contributed by atoms with Crippen molar-refractivity contribution in [2.45, 2.75) is 25.4 Å². The average Bonchev–Trinajstić information content (AvgIpc) is 2.27. The molecule has 1 fully saturated rings. The van der Waals surface area contributed by atoms with Gasteiger partial charge >= 0.3 is 6.18 Å². The predicted octanol–water partition coefficient (Wildman–Crippen LogP) is 2.60. The smallest absolute Gasteiger partial charge is 0.381 e. The van der Waals surface area contributed by atoms with Crippen LogP contribution in [0.5, 0.6) is 0 Å². The summed E-state index contributed by atoms with van der Waals surface area (Å²) in [6, 6.07) is 0. The SMILES string of the molecule is CN(CCC(F)(F)F)CC1(CS)CCOCC1. The van der Waals surface area contributed by atoms with Crippen LogP contribution in [0.15, 0.2) is 0 Å². The van der Waals surface area contributed by atoms with Crippen molar-refractivity contribution in [2.75, 3.05) is 39.1 Å². The molecule has 2 nitrogen and oxygen atoms in total. The summed E-state index contributed by atoms with van der Waals surface area (Å²) < 4.78 is 41.6. The first-order chi connectivity index (χ1) is 7.87. The maximum absolute atomic E-state index is 12.1. The number of alkyl halides is 3. The van der Waals surface area contributed by atoms with E-state index in [4.69, 9.17) is 4.74 Å². The van der Waals surface area contributed by atoms with Gasteiger partial charge < -0.3 is 9.64 Å². The Morgan fingerprint density at radius 1 is 1.29 bits per heavy atom. The molecule has 0 atom stereocenters. The fourth-order valence-corrected chi connectivity index (χ4v) is 2.56. The molecule has 0 saturated carbocycles. The van der Waals surface area contributed by atoms with Crippen LogP contribution < -0.4 is 0 Å². The highest BCUT2D eigenvalue weighted by Gasteiger charge is 2.33. The summed E-state index contributed by atoms with van der Waals surface area (Å²) in [7, 11) is 1.74. The number of nitrogens with zero attached hydrogens (tertiary/aromatic N) is 1. The molecule has 1 aliphatic rings. The molecule has 1 rings (SSSR count). The van der Waals surface area contributed by atoms with Crippen LogP contribution >= 0.6 is 12.6 Å². The highest BCUT2D eigenvalue weighted by atomic mass is 32.1. The Kier molecular flexibility index (Phi) is 5.60. The molecule has 0 radical (unpaired) electrons. The molecule has 0 N–H and O–H groups in total. The molecule has 17 heavy (non-hydrogen) atoms. The van der Waals surface area contributed by atoms with E-state index in [1.807, 2.05) is 0 Å². The molecular weight excluding hydrogens is 251 g/mol. The zero-order valence-corrected chi connectivity index (χ0v) is 11.0. The van der Waals surface area contributed by atoms with Crippen LogP contribution in [-0.4, -0.2) is 50.2 Å². The standard InChI is InChI=1S/C11H20F3NOS/c1-15(5-2-11(12,13)14)8-10(9-17)3-6-16-7-4-10/h17H,2-9H2,1H3. The lowest BCUT2D eigenvalue weighted by atomic mass is 9.81. The van der Waals surface area contributed by atoms with E-state index < -0.39 is 12.6 Å². The molecule has 0 amide bonds. The molecule has 6 heteroatoms. The van der Waals surface area contributed by atoms with Gasteiger partial charge in [0, 0.05) is 26.3 Å². The summed E-state index contributed by atoms with van der Waals surface area (Å²) in [6.07, 6.45) is -3.06. The molecule has 0 aliphatic carbocycles. The van der Waals surface area contributed by atoms with Crippen molar-refractivity contribution in [3.8, 4) is 0 Å². The number of hydrogen-bond acceptors (Lipinski definition) is 3. The average molecular weight is 271 g/mol. The normalized spacial score (nSPS) is 20.8. The second-order valence-corrected chi connectivity index (χ2v) is 5.19. The molecule has 102 valence electrons. The van der Waals surface area contributed by atoms with Gasteiger partial charge in [0.05, 0.1) is 6.42 Å². The van der Waals surface area contributed by atoms with Crippen LogP contribution in [0.2, 0.25) is 0 Å². The quantitative estimate of drug-likeness (QED) is 0.772. The first-order valence-corrected chi connectivity index (χ1v) is 6.44. The maximum atomic E-state index is 12.1. The zero-order valence-electron chi connectivity index (χ0n) is 10.1. The van der Waals surface area contributed by atoms with Gasteiger partial charge in [-0.3, -0.25) is 0 Å². The van der Waals surface area contributed by atoms with Crippen LogP contribution in [-0.2, 0) is 4.74 Å². The van der Waals surface area contributed by atoms with E-state index >= 15 is 0 Å². The molecule has 0 aromatic rings. The summed E-state index contributed by atoms with van der Waals surface area (Å²) in [5, 5.41) is 0. The molecule has 1 saturated heterocycles. The van der Waals surface area contributed by atoms with E-state index in [-0.39, 0.29) is 12.0 Å². The molecule has 1 heterocycles. The predicted molar refractivity (Wildman–Crippen MR) is 64.5 cm³/mol. The Morgan fingerprint density at radius 3 is 2.35 bits per heavy atom. The summed E-state index contributed by atoms with van der Waals surface area (Å²) >= 11 is 4.34. The van der Waals surface area contributed by atoms with Crippen molar-refractivity contribution < 1.29 is 17.9 Å². The van der Waals surface area contributed by atoms with Crippen LogP contribution in [0.3, 0.4) is 0 Å². The lowest BCUT2D eigenvalue weighted by Crippen LogP contribution is -2.42. The van der Waals surface area contributed by atoms with Gasteiger partial charge in [-0.05, 0) is 31.1 Å². The highest BCUT2D eigenvalue weighted by Crippen LogP contribution is 2.32. The monoisotopic (exact) mass is 271 g/mol. The first-order valence-electron chi connectivity index (χ1n) is 5.81. The third kappa shape index (κ3) is 5.48. The number of rotatable bonds is 5. The van der Waals surface area contributed by atoms with Crippen molar-refractivity contribution in [1.29, 1.82) is 0 Å². The third-order valence-corrected chi connectivity index (χ3v) is 3.94. The maximum Gasteiger partial charge on any atom is 0.390 e. The molecule has 0 aromatic heterocycles. The van der Waals surface area contributed by atoms with Crippen LogP contribution in [0.1, 0.15) is 19.3 Å². The Bertz CT molecular complexity index is 229. The van der Waals surface area contributed by atoms with Crippen molar-refractivity contribution in [1.82, 2.24) is 4.90 Å². The van der Waals surface area contributed by atoms with E-state index in [2.05, 4.69) is 12.6 Å². The van der Waals surface area contributed by atoms with Gasteiger partial charge in [0.2, 0.25) is 0 Å². The van der Waals surface area contributed by atoms with Crippen molar-refractivity contribution in [2.24, 2.45) is 5.41 Å². The lowest BCUT2D eigenvalue weighted by Gasteiger charge is -2.39. The Morgan fingerprint density at radius 2 is 1.88 bits per heavy atom. The van der Waals surface area contributed by atoms with Gasteiger partial charge in [-0.2, -0.15) is 25.8 Å². The van der Waals surface area contributed by atoms with Gasteiger partial charge in [-0.1, -0.05) is 0 Å².